The van der Waals surface area contributed by atoms with Crippen LogP contribution in [0.3, 0.4) is 0 Å². The number of esters is 2. The summed E-state index contributed by atoms with van der Waals surface area (Å²) in [5.74, 6) is -3.99. The van der Waals surface area contributed by atoms with Gasteiger partial charge in [-0.15, -0.1) is 0 Å². The standard InChI is InChI=1S/C12H16O6S.C11H13ClO5S.C9H12O2.C3H6O5S.C2H4Cl2O3S/c1-3-17-11-6-4-10(5-7-11)8-18-12(13)9-19(14,15)16-2;1-2-16-10-5-3-9(4-6-10)7-17-11(13)8-18(12,14)15;1-2-11-9-5-3-8(7-10)4-6-9;1-8-9(6,7)2-3(4)5;3-1-7-2-8(4,5)6/h4-7H,3,8-9H2,1-2H3;3-6H,2,7-8H2,1H3;3-6,10H,2,7H2,1H3;2H2,1H3,(H,4,5);1-2H2. The smallest absolute Gasteiger partial charge is 0.324 e. The number of hydrogen-bond donors (Lipinski definition) is 2. The van der Waals surface area contributed by atoms with E-state index in [0.29, 0.717) is 19.8 Å². The first-order valence-electron chi connectivity index (χ1n) is 18.1. The van der Waals surface area contributed by atoms with Crippen LogP contribution in [0.2, 0.25) is 0 Å². The molecule has 0 radical (unpaired) electrons. The Morgan fingerprint density at radius 3 is 1.12 bits per heavy atom. The maximum Gasteiger partial charge on any atom is 0.324 e. The molecule has 0 aromatic heterocycles. The third-order valence-electron chi connectivity index (χ3n) is 6.38. The highest BCUT2D eigenvalue weighted by molar-refractivity contribution is 8.14. The Labute approximate surface area is 392 Å². The Hall–Kier alpha value is -4.02. The maximum absolute atomic E-state index is 11.3. The number of alkyl halides is 1. The van der Waals surface area contributed by atoms with E-state index in [2.05, 4.69) is 13.1 Å². The molecule has 21 nitrogen and oxygen atoms in total. The van der Waals surface area contributed by atoms with Gasteiger partial charge in [0.2, 0.25) is 9.05 Å². The van der Waals surface area contributed by atoms with Gasteiger partial charge in [0.1, 0.15) is 36.5 Å². The molecule has 0 unspecified atom stereocenters. The lowest BCUT2D eigenvalue weighted by Gasteiger charge is -2.06. The van der Waals surface area contributed by atoms with E-state index in [4.69, 9.17) is 66.9 Å². The number of carboxylic acids is 1. The van der Waals surface area contributed by atoms with Crippen molar-refractivity contribution in [1.82, 2.24) is 0 Å². The van der Waals surface area contributed by atoms with E-state index in [1.54, 1.807) is 48.5 Å². The monoisotopic (exact) mass is 1060 g/mol. The van der Waals surface area contributed by atoms with Crippen molar-refractivity contribution in [3.8, 4) is 17.2 Å². The van der Waals surface area contributed by atoms with Gasteiger partial charge >= 0.3 is 17.9 Å². The van der Waals surface area contributed by atoms with Crippen LogP contribution in [0.15, 0.2) is 72.8 Å². The maximum atomic E-state index is 11.3. The van der Waals surface area contributed by atoms with Gasteiger partial charge in [-0.1, -0.05) is 48.0 Å². The van der Waals surface area contributed by atoms with Crippen molar-refractivity contribution >= 4 is 89.2 Å². The number of hydrogen-bond acceptors (Lipinski definition) is 20. The minimum atomic E-state index is -3.86. The summed E-state index contributed by atoms with van der Waals surface area (Å²) in [4.78, 5) is 32.1. The van der Waals surface area contributed by atoms with Gasteiger partial charge in [0.25, 0.3) is 29.3 Å². The average Bonchev–Trinajstić information content (AvgIpc) is 3.22. The zero-order valence-corrected chi connectivity index (χ0v) is 41.2. The summed E-state index contributed by atoms with van der Waals surface area (Å²) >= 11 is 4.96. The quantitative estimate of drug-likeness (QED) is 0.0618. The van der Waals surface area contributed by atoms with Crippen molar-refractivity contribution in [2.24, 2.45) is 0 Å². The predicted molar refractivity (Wildman–Crippen MR) is 239 cm³/mol. The minimum absolute atomic E-state index is 0.00233. The van der Waals surface area contributed by atoms with E-state index < -0.39 is 79.4 Å². The van der Waals surface area contributed by atoms with Crippen LogP contribution in [0, 0.1) is 0 Å². The lowest BCUT2D eigenvalue weighted by atomic mass is 10.2. The van der Waals surface area contributed by atoms with Crippen molar-refractivity contribution in [2.75, 3.05) is 63.3 Å². The zero-order chi connectivity index (χ0) is 50.1. The molecule has 370 valence electrons. The number of rotatable bonds is 22. The molecule has 3 aromatic carbocycles. The van der Waals surface area contributed by atoms with Gasteiger partial charge in [-0.05, 0) is 73.9 Å². The van der Waals surface area contributed by atoms with Crippen LogP contribution in [-0.2, 0) is 95.1 Å². The average molecular weight is 1070 g/mol. The minimum Gasteiger partial charge on any atom is -0.494 e. The van der Waals surface area contributed by atoms with Gasteiger partial charge in [-0.25, -0.2) is 16.8 Å². The number of carboxylic acid groups (broad SMARTS) is 1. The molecule has 0 fully saturated rings. The first-order chi connectivity index (χ1) is 30.3. The third-order valence-corrected chi connectivity index (χ3v) is 10.4. The second-order valence-electron chi connectivity index (χ2n) is 11.5. The predicted octanol–water partition coefficient (Wildman–Crippen LogP) is 4.15. The van der Waals surface area contributed by atoms with Crippen LogP contribution < -0.4 is 14.2 Å². The molecule has 0 aliphatic rings. The molecule has 0 atom stereocenters. The largest absolute Gasteiger partial charge is 0.494 e. The van der Waals surface area contributed by atoms with Crippen molar-refractivity contribution < 1.29 is 95.1 Å². The molecular weight excluding hydrogens is 1020 g/mol. The molecule has 28 heteroatoms. The highest BCUT2D eigenvalue weighted by atomic mass is 35.7. The molecule has 0 amide bonds. The summed E-state index contributed by atoms with van der Waals surface area (Å²) in [6.07, 6.45) is 0. The van der Waals surface area contributed by atoms with Crippen LogP contribution in [0.1, 0.15) is 37.5 Å². The van der Waals surface area contributed by atoms with Crippen LogP contribution in [0.4, 0.5) is 0 Å². The van der Waals surface area contributed by atoms with Gasteiger partial charge in [0, 0.05) is 21.4 Å². The molecule has 3 rings (SSSR count). The van der Waals surface area contributed by atoms with E-state index in [9.17, 15) is 48.1 Å². The normalized spacial score (nSPS) is 10.9. The van der Waals surface area contributed by atoms with Crippen molar-refractivity contribution in [3.63, 3.8) is 0 Å². The summed E-state index contributed by atoms with van der Waals surface area (Å²) in [5, 5.41) is 16.6. The Balaban J connectivity index is 0. The van der Waals surface area contributed by atoms with Crippen molar-refractivity contribution in [1.29, 1.82) is 0 Å². The summed E-state index contributed by atoms with van der Waals surface area (Å²) < 4.78 is 121. The number of aliphatic carboxylic acids is 1. The molecule has 65 heavy (non-hydrogen) atoms. The number of carbonyl (C=O) groups excluding carboxylic acids is 2. The zero-order valence-electron chi connectivity index (χ0n) is 35.6. The molecule has 0 aliphatic heterocycles. The van der Waals surface area contributed by atoms with Gasteiger partial charge in [-0.2, -0.15) is 16.8 Å². The Bertz CT molecular complexity index is 2260. The first kappa shape index (κ1) is 63.1. The fourth-order valence-electron chi connectivity index (χ4n) is 3.65. The number of carbonyl (C=O) groups is 3. The first-order valence-corrected chi connectivity index (χ1v) is 26.8. The Kier molecular flexibility index (Phi) is 33.3. The Morgan fingerprint density at radius 1 is 0.538 bits per heavy atom. The molecule has 0 heterocycles. The number of aliphatic hydroxyl groups is 1. The fourth-order valence-corrected chi connectivity index (χ4v) is 5.83. The fraction of sp³-hybridized carbons (Fsp3) is 0.432. The molecular formula is C37H51Cl3O21S4. The van der Waals surface area contributed by atoms with Gasteiger partial charge in [-0.3, -0.25) is 22.7 Å². The Morgan fingerprint density at radius 2 is 0.877 bits per heavy atom. The molecule has 3 aromatic rings. The molecule has 0 spiro atoms. The number of aliphatic hydroxyl groups excluding tert-OH is 1. The molecule has 2 N–H and O–H groups in total. The van der Waals surface area contributed by atoms with Gasteiger partial charge < -0.3 is 38.6 Å². The summed E-state index contributed by atoms with van der Waals surface area (Å²) in [6.45, 7) is 7.62. The third kappa shape index (κ3) is 37.9. The topological polar surface area (TPSA) is 302 Å². The van der Waals surface area contributed by atoms with Crippen molar-refractivity contribution in [2.45, 2.75) is 40.6 Å². The molecule has 0 bridgehead atoms. The van der Waals surface area contributed by atoms with Gasteiger partial charge in [0.05, 0.1) is 40.6 Å². The highest BCUT2D eigenvalue weighted by Gasteiger charge is 2.17. The summed E-state index contributed by atoms with van der Waals surface area (Å²) in [7, 11) is -3.50. The second kappa shape index (κ2) is 34.3. The summed E-state index contributed by atoms with van der Waals surface area (Å²) in [5.41, 5.74) is 2.39. The lowest BCUT2D eigenvalue weighted by molar-refractivity contribution is -0.142. The van der Waals surface area contributed by atoms with Crippen molar-refractivity contribution in [3.05, 3.63) is 89.5 Å². The second-order valence-corrected chi connectivity index (χ2v) is 20.7. The molecule has 0 aliphatic carbocycles. The summed E-state index contributed by atoms with van der Waals surface area (Å²) in [6, 6.07) is 21.2. The van der Waals surface area contributed by atoms with E-state index in [-0.39, 0.29) is 25.9 Å². The number of ether oxygens (including phenoxy) is 6. The molecule has 0 saturated heterocycles. The van der Waals surface area contributed by atoms with Crippen LogP contribution in [0.25, 0.3) is 0 Å². The SMILES string of the molecule is CCOc1ccc(CO)cc1.CCOc1ccc(COC(=O)CS(=O)(=O)Cl)cc1.CCOc1ccc(COC(=O)CS(=O)(=O)OC)cc1.COS(=O)(=O)CC(=O)O.O=S(=O)(Cl)COCCl. The van der Waals surface area contributed by atoms with E-state index in [1.807, 2.05) is 45.0 Å². The lowest BCUT2D eigenvalue weighted by Crippen LogP contribution is -2.19. The molecule has 0 saturated carbocycles. The van der Waals surface area contributed by atoms with Crippen LogP contribution in [-0.4, -0.2) is 125 Å². The van der Waals surface area contributed by atoms with Gasteiger partial charge in [0.15, 0.2) is 23.2 Å². The highest BCUT2D eigenvalue weighted by Crippen LogP contribution is 2.15. The van der Waals surface area contributed by atoms with Crippen LogP contribution >= 0.6 is 33.0 Å². The number of benzene rings is 3. The van der Waals surface area contributed by atoms with E-state index in [1.165, 1.54) is 0 Å². The van der Waals surface area contributed by atoms with Crippen LogP contribution in [0.5, 0.6) is 17.2 Å². The van der Waals surface area contributed by atoms with E-state index in [0.717, 1.165) is 48.2 Å². The number of halogens is 3. The van der Waals surface area contributed by atoms with E-state index >= 15 is 0 Å².